The maximum Gasteiger partial charge on any atom is 0.225 e. The average Bonchev–Trinajstić information content (AvgIpc) is 3.46. The molecule has 0 radical (unpaired) electrons. The zero-order valence-electron chi connectivity index (χ0n) is 15.4. The van der Waals surface area contributed by atoms with Crippen LogP contribution in [0.2, 0.25) is 0 Å². The molecule has 25 heavy (non-hydrogen) atoms. The van der Waals surface area contributed by atoms with Gasteiger partial charge in [-0.25, -0.2) is 0 Å². The van der Waals surface area contributed by atoms with E-state index in [9.17, 15) is 4.79 Å². The van der Waals surface area contributed by atoms with Crippen LogP contribution < -0.4 is 0 Å². The minimum Gasteiger partial charge on any atom is -0.376 e. The number of carbonyl (C=O) groups is 1. The molecule has 0 bridgehead atoms. The standard InChI is InChI=1S/C21H30N2O2/c1-15-2-6-17(7-3-15)21(24)23-9-8-20-18(12-23)10-22-11-19(20)14-25-13-16-4-5-16/h10-11,15-17H,2-9,12-14H2,1H3. The molecule has 2 aliphatic carbocycles. The molecule has 0 spiro atoms. The lowest BCUT2D eigenvalue weighted by Crippen LogP contribution is -2.41. The van der Waals surface area contributed by atoms with Crippen molar-refractivity contribution in [2.24, 2.45) is 17.8 Å². The molecule has 1 amide bonds. The van der Waals surface area contributed by atoms with E-state index < -0.39 is 0 Å². The highest BCUT2D eigenvalue weighted by Gasteiger charge is 2.30. The van der Waals surface area contributed by atoms with Crippen LogP contribution in [0.3, 0.4) is 0 Å². The number of fused-ring (bicyclic) bond motifs is 1. The minimum atomic E-state index is 0.246. The minimum absolute atomic E-state index is 0.246. The van der Waals surface area contributed by atoms with E-state index in [0.717, 1.165) is 50.8 Å². The van der Waals surface area contributed by atoms with Crippen molar-refractivity contribution in [1.29, 1.82) is 0 Å². The Morgan fingerprint density at radius 1 is 1.20 bits per heavy atom. The highest BCUT2D eigenvalue weighted by Crippen LogP contribution is 2.32. The Kier molecular flexibility index (Phi) is 5.07. The summed E-state index contributed by atoms with van der Waals surface area (Å²) in [5.74, 6) is 2.19. The van der Waals surface area contributed by atoms with E-state index in [1.807, 2.05) is 12.4 Å². The molecule has 3 aliphatic rings. The number of hydrogen-bond acceptors (Lipinski definition) is 3. The highest BCUT2D eigenvalue weighted by atomic mass is 16.5. The van der Waals surface area contributed by atoms with Gasteiger partial charge in [0, 0.05) is 38.0 Å². The molecule has 2 fully saturated rings. The number of ether oxygens (including phenoxy) is 1. The Labute approximate surface area is 151 Å². The van der Waals surface area contributed by atoms with Crippen LogP contribution in [0.5, 0.6) is 0 Å². The predicted molar refractivity (Wildman–Crippen MR) is 96.9 cm³/mol. The number of nitrogens with zero attached hydrogens (tertiary/aromatic N) is 2. The van der Waals surface area contributed by atoms with Crippen LogP contribution in [0.25, 0.3) is 0 Å². The van der Waals surface area contributed by atoms with Gasteiger partial charge in [-0.15, -0.1) is 0 Å². The molecular weight excluding hydrogens is 312 g/mol. The summed E-state index contributed by atoms with van der Waals surface area (Å²) < 4.78 is 5.87. The fourth-order valence-electron chi connectivity index (χ4n) is 4.27. The Balaban J connectivity index is 1.38. The topological polar surface area (TPSA) is 42.4 Å². The SMILES string of the molecule is CC1CCC(C(=O)N2CCc3c(COCC4CC4)cncc3C2)CC1. The van der Waals surface area contributed by atoms with Crippen molar-refractivity contribution >= 4 is 5.91 Å². The van der Waals surface area contributed by atoms with Gasteiger partial charge in [0.25, 0.3) is 0 Å². The summed E-state index contributed by atoms with van der Waals surface area (Å²) >= 11 is 0. The van der Waals surface area contributed by atoms with Gasteiger partial charge in [-0.1, -0.05) is 6.92 Å². The lowest BCUT2D eigenvalue weighted by atomic mass is 9.82. The van der Waals surface area contributed by atoms with Crippen LogP contribution in [-0.2, 0) is 29.1 Å². The Bertz CT molecular complexity index is 618. The molecule has 4 nitrogen and oxygen atoms in total. The van der Waals surface area contributed by atoms with Gasteiger partial charge in [-0.2, -0.15) is 0 Å². The monoisotopic (exact) mass is 342 g/mol. The number of pyridine rings is 1. The Hall–Kier alpha value is -1.42. The molecule has 0 aromatic carbocycles. The third-order valence-corrected chi connectivity index (χ3v) is 6.21. The normalized spacial score (nSPS) is 26.4. The van der Waals surface area contributed by atoms with Gasteiger partial charge in [0.05, 0.1) is 6.61 Å². The van der Waals surface area contributed by atoms with Crippen molar-refractivity contribution in [3.8, 4) is 0 Å². The molecule has 2 heterocycles. The molecule has 0 atom stereocenters. The first-order valence-corrected chi connectivity index (χ1v) is 10.0. The fourth-order valence-corrected chi connectivity index (χ4v) is 4.27. The van der Waals surface area contributed by atoms with Gasteiger partial charge in [0.2, 0.25) is 5.91 Å². The maximum absolute atomic E-state index is 12.9. The molecule has 1 aliphatic heterocycles. The molecular formula is C21H30N2O2. The van der Waals surface area contributed by atoms with Crippen LogP contribution in [0.1, 0.15) is 62.1 Å². The lowest BCUT2D eigenvalue weighted by Gasteiger charge is -2.34. The smallest absolute Gasteiger partial charge is 0.225 e. The second kappa shape index (κ2) is 7.45. The van der Waals surface area contributed by atoms with Crippen LogP contribution in [0.15, 0.2) is 12.4 Å². The number of aromatic nitrogens is 1. The summed E-state index contributed by atoms with van der Waals surface area (Å²) in [6.07, 6.45) is 12.0. The van der Waals surface area contributed by atoms with E-state index >= 15 is 0 Å². The first-order chi connectivity index (χ1) is 12.2. The molecule has 4 heteroatoms. The number of amides is 1. The molecule has 0 unspecified atom stereocenters. The fraction of sp³-hybridized carbons (Fsp3) is 0.714. The largest absolute Gasteiger partial charge is 0.376 e. The van der Waals surface area contributed by atoms with Crippen molar-refractivity contribution in [1.82, 2.24) is 9.88 Å². The Morgan fingerprint density at radius 3 is 2.76 bits per heavy atom. The van der Waals surface area contributed by atoms with Crippen LogP contribution in [-0.4, -0.2) is 28.9 Å². The van der Waals surface area contributed by atoms with E-state index in [1.54, 1.807) is 0 Å². The Morgan fingerprint density at radius 2 is 2.00 bits per heavy atom. The van der Waals surface area contributed by atoms with Crippen molar-refractivity contribution in [3.63, 3.8) is 0 Å². The van der Waals surface area contributed by atoms with E-state index in [4.69, 9.17) is 4.74 Å². The lowest BCUT2D eigenvalue weighted by molar-refractivity contribution is -0.137. The van der Waals surface area contributed by atoms with Gasteiger partial charge >= 0.3 is 0 Å². The van der Waals surface area contributed by atoms with E-state index in [1.165, 1.54) is 42.4 Å². The second-order valence-electron chi connectivity index (χ2n) is 8.36. The summed E-state index contributed by atoms with van der Waals surface area (Å²) in [6.45, 7) is 5.42. The molecule has 2 saturated carbocycles. The number of hydrogen-bond donors (Lipinski definition) is 0. The van der Waals surface area contributed by atoms with Crippen molar-refractivity contribution in [2.45, 2.75) is 65.0 Å². The van der Waals surface area contributed by atoms with E-state index in [0.29, 0.717) is 12.5 Å². The van der Waals surface area contributed by atoms with Gasteiger partial charge in [0.1, 0.15) is 0 Å². The molecule has 4 rings (SSSR count). The zero-order valence-corrected chi connectivity index (χ0v) is 15.4. The van der Waals surface area contributed by atoms with E-state index in [2.05, 4.69) is 16.8 Å². The average molecular weight is 342 g/mol. The molecule has 1 aromatic heterocycles. The summed E-state index contributed by atoms with van der Waals surface area (Å²) in [5.41, 5.74) is 3.81. The first kappa shape index (κ1) is 17.0. The second-order valence-corrected chi connectivity index (χ2v) is 8.36. The van der Waals surface area contributed by atoms with Crippen LogP contribution in [0, 0.1) is 17.8 Å². The number of rotatable bonds is 5. The third kappa shape index (κ3) is 4.05. The quantitative estimate of drug-likeness (QED) is 0.819. The van der Waals surface area contributed by atoms with Gasteiger partial charge < -0.3 is 9.64 Å². The third-order valence-electron chi connectivity index (χ3n) is 6.21. The van der Waals surface area contributed by atoms with Gasteiger partial charge in [-0.3, -0.25) is 9.78 Å². The van der Waals surface area contributed by atoms with Crippen LogP contribution >= 0.6 is 0 Å². The summed E-state index contributed by atoms with van der Waals surface area (Å²) in [7, 11) is 0. The summed E-state index contributed by atoms with van der Waals surface area (Å²) in [4.78, 5) is 19.4. The van der Waals surface area contributed by atoms with Crippen molar-refractivity contribution < 1.29 is 9.53 Å². The molecule has 1 aromatic rings. The molecule has 0 saturated heterocycles. The van der Waals surface area contributed by atoms with Gasteiger partial charge in [-0.05, 0) is 73.5 Å². The molecule has 136 valence electrons. The first-order valence-electron chi connectivity index (χ1n) is 10.0. The zero-order chi connectivity index (χ0) is 17.2. The number of carbonyl (C=O) groups excluding carboxylic acids is 1. The van der Waals surface area contributed by atoms with E-state index in [-0.39, 0.29) is 5.92 Å². The van der Waals surface area contributed by atoms with Crippen molar-refractivity contribution in [3.05, 3.63) is 29.1 Å². The highest BCUT2D eigenvalue weighted by molar-refractivity contribution is 5.79. The predicted octanol–water partition coefficient (Wildman–Crippen LogP) is 3.72. The summed E-state index contributed by atoms with van der Waals surface area (Å²) in [6, 6.07) is 0. The van der Waals surface area contributed by atoms with Crippen LogP contribution in [0.4, 0.5) is 0 Å². The van der Waals surface area contributed by atoms with Crippen molar-refractivity contribution in [2.75, 3.05) is 13.2 Å². The summed E-state index contributed by atoms with van der Waals surface area (Å²) in [5, 5.41) is 0. The van der Waals surface area contributed by atoms with Gasteiger partial charge in [0.15, 0.2) is 0 Å². The molecule has 0 N–H and O–H groups in total. The maximum atomic E-state index is 12.9.